The van der Waals surface area contributed by atoms with Crippen molar-refractivity contribution >= 4 is 23.8 Å². The minimum absolute atomic E-state index is 0.0178. The van der Waals surface area contributed by atoms with Gasteiger partial charge in [0.1, 0.15) is 17.5 Å². The van der Waals surface area contributed by atoms with Crippen molar-refractivity contribution in [3.8, 4) is 0 Å². The number of rotatable bonds is 13. The average molecular weight is 581 g/mol. The van der Waals surface area contributed by atoms with Crippen LogP contribution in [-0.4, -0.2) is 70.7 Å². The number of nitrogens with zero attached hydrogens (tertiary/aromatic N) is 2. The molecule has 2 amide bonds. The van der Waals surface area contributed by atoms with Gasteiger partial charge in [-0.3, -0.25) is 4.79 Å². The molecule has 2 aliphatic heterocycles. The molecule has 0 saturated carbocycles. The van der Waals surface area contributed by atoms with Gasteiger partial charge in [0.25, 0.3) is 0 Å². The number of amides is 2. The minimum atomic E-state index is -2.73. The Morgan fingerprint density at radius 2 is 1.80 bits per heavy atom. The molecule has 1 saturated heterocycles. The molecule has 0 aromatic carbocycles. The number of nitrogens with one attached hydrogen (secondary N) is 2. The number of carboxylic acids is 1. The molecule has 2 aliphatic rings. The van der Waals surface area contributed by atoms with Crippen molar-refractivity contribution < 1.29 is 33.0 Å². The highest BCUT2D eigenvalue weighted by Crippen LogP contribution is 2.38. The molecule has 3 N–H and O–H groups in total. The van der Waals surface area contributed by atoms with Crippen LogP contribution < -0.4 is 10.6 Å². The third kappa shape index (κ3) is 10.1. The van der Waals surface area contributed by atoms with Crippen LogP contribution in [0.1, 0.15) is 96.2 Å². The zero-order chi connectivity index (χ0) is 30.0. The van der Waals surface area contributed by atoms with Crippen LogP contribution >= 0.6 is 0 Å². The number of aliphatic carboxylic acids is 1. The number of alkyl halides is 2. The SMILES string of the molecule is CC(C)(C)OC(=O)N1CCC(CC(F)F)(C(=O)N[C@@H](CCCCCCCc2ccc3c(n2)NCCC3)C(=O)O)CC1. The first-order valence-electron chi connectivity index (χ1n) is 14.9. The topological polar surface area (TPSA) is 121 Å². The van der Waals surface area contributed by atoms with E-state index < -0.39 is 47.9 Å². The average Bonchev–Trinajstić information content (AvgIpc) is 2.90. The van der Waals surface area contributed by atoms with Crippen LogP contribution in [0.3, 0.4) is 0 Å². The maximum atomic E-state index is 13.5. The number of halogens is 2. The van der Waals surface area contributed by atoms with E-state index in [9.17, 15) is 28.3 Å². The standard InChI is InChI=1S/C30H46F2N4O5/c1-29(2,3)41-28(40)36-18-15-30(16-19-36,20-24(31)32)27(39)35-23(26(37)38)12-8-6-4-5-7-11-22-14-13-21-10-9-17-33-25(21)34-22/h13-14,23-24H,4-12,15-20H2,1-3H3,(H,33,34)(H,35,39)(H,37,38)/t23-/m0/s1. The van der Waals surface area contributed by atoms with Gasteiger partial charge in [0.05, 0.1) is 5.41 Å². The van der Waals surface area contributed by atoms with E-state index in [1.54, 1.807) is 20.8 Å². The number of carbonyl (C=O) groups is 3. The molecule has 230 valence electrons. The number of unbranched alkanes of at least 4 members (excludes halogenated alkanes) is 4. The van der Waals surface area contributed by atoms with Gasteiger partial charge in [-0.25, -0.2) is 23.4 Å². The summed E-state index contributed by atoms with van der Waals surface area (Å²) in [6, 6.07) is 3.10. The summed E-state index contributed by atoms with van der Waals surface area (Å²) in [5.74, 6) is -0.857. The van der Waals surface area contributed by atoms with Crippen molar-refractivity contribution in [3.63, 3.8) is 0 Å². The number of carbonyl (C=O) groups excluding carboxylic acids is 2. The summed E-state index contributed by atoms with van der Waals surface area (Å²) < 4.78 is 32.4. The van der Waals surface area contributed by atoms with E-state index in [0.29, 0.717) is 6.42 Å². The third-order valence-corrected chi connectivity index (χ3v) is 7.88. The lowest BCUT2D eigenvalue weighted by molar-refractivity contribution is -0.146. The van der Waals surface area contributed by atoms with Crippen molar-refractivity contribution in [2.45, 2.75) is 116 Å². The van der Waals surface area contributed by atoms with Crippen LogP contribution in [-0.2, 0) is 27.2 Å². The summed E-state index contributed by atoms with van der Waals surface area (Å²) in [7, 11) is 0. The minimum Gasteiger partial charge on any atom is -0.480 e. The smallest absolute Gasteiger partial charge is 0.410 e. The predicted octanol–water partition coefficient (Wildman–Crippen LogP) is 5.56. The number of anilines is 1. The molecule has 1 fully saturated rings. The number of hydrogen-bond acceptors (Lipinski definition) is 6. The Morgan fingerprint density at radius 3 is 2.46 bits per heavy atom. The summed E-state index contributed by atoms with van der Waals surface area (Å²) in [5.41, 5.74) is 0.213. The molecule has 1 aromatic heterocycles. The van der Waals surface area contributed by atoms with Gasteiger partial charge in [-0.2, -0.15) is 0 Å². The van der Waals surface area contributed by atoms with Gasteiger partial charge < -0.3 is 25.4 Å². The Bertz CT molecular complexity index is 1040. The van der Waals surface area contributed by atoms with E-state index in [0.717, 1.165) is 63.0 Å². The van der Waals surface area contributed by atoms with Crippen LogP contribution in [0, 0.1) is 5.41 Å². The fraction of sp³-hybridized carbons (Fsp3) is 0.733. The highest BCUT2D eigenvalue weighted by molar-refractivity contribution is 5.87. The maximum Gasteiger partial charge on any atom is 0.410 e. The quantitative estimate of drug-likeness (QED) is 0.261. The molecule has 0 unspecified atom stereocenters. The lowest BCUT2D eigenvalue weighted by Crippen LogP contribution is -2.54. The van der Waals surface area contributed by atoms with Crippen molar-refractivity contribution in [3.05, 3.63) is 23.4 Å². The van der Waals surface area contributed by atoms with Gasteiger partial charge >= 0.3 is 12.1 Å². The van der Waals surface area contributed by atoms with Gasteiger partial charge in [0.2, 0.25) is 12.3 Å². The number of aromatic nitrogens is 1. The third-order valence-electron chi connectivity index (χ3n) is 7.88. The van der Waals surface area contributed by atoms with E-state index in [2.05, 4.69) is 22.8 Å². The van der Waals surface area contributed by atoms with Crippen molar-refractivity contribution in [2.24, 2.45) is 5.41 Å². The first-order chi connectivity index (χ1) is 19.4. The van der Waals surface area contributed by atoms with Gasteiger partial charge in [-0.05, 0) is 77.3 Å². The highest BCUT2D eigenvalue weighted by Gasteiger charge is 2.45. The Hall–Kier alpha value is -2.98. The Balaban J connectivity index is 1.43. The molecule has 9 nitrogen and oxygen atoms in total. The summed E-state index contributed by atoms with van der Waals surface area (Å²) in [6.45, 7) is 6.35. The number of hydrogen-bond donors (Lipinski definition) is 3. The zero-order valence-corrected chi connectivity index (χ0v) is 24.6. The molecule has 1 atom stereocenters. The van der Waals surface area contributed by atoms with Crippen LogP contribution in [0.25, 0.3) is 0 Å². The Kier molecular flexibility index (Phi) is 11.7. The molecule has 1 aromatic rings. The number of fused-ring (bicyclic) bond motifs is 1. The molecule has 0 aliphatic carbocycles. The van der Waals surface area contributed by atoms with Gasteiger partial charge in [0.15, 0.2) is 0 Å². The summed E-state index contributed by atoms with van der Waals surface area (Å²) in [5, 5.41) is 15.6. The van der Waals surface area contributed by atoms with Crippen molar-refractivity contribution in [1.82, 2.24) is 15.2 Å². The van der Waals surface area contributed by atoms with E-state index in [-0.39, 0.29) is 32.4 Å². The van der Waals surface area contributed by atoms with E-state index >= 15 is 0 Å². The number of aryl methyl sites for hydroxylation is 2. The number of pyridine rings is 1. The summed E-state index contributed by atoms with van der Waals surface area (Å²) in [6.07, 6.45) is 3.71. The lowest BCUT2D eigenvalue weighted by Gasteiger charge is -2.41. The van der Waals surface area contributed by atoms with E-state index in [4.69, 9.17) is 9.72 Å². The second kappa shape index (κ2) is 14.8. The van der Waals surface area contributed by atoms with Crippen LogP contribution in [0.15, 0.2) is 12.1 Å². The van der Waals surface area contributed by atoms with Gasteiger partial charge in [-0.1, -0.05) is 31.7 Å². The monoisotopic (exact) mass is 580 g/mol. The van der Waals surface area contributed by atoms with Crippen LogP contribution in [0.2, 0.25) is 0 Å². The number of likely N-dealkylation sites (tertiary alicyclic amines) is 1. The van der Waals surface area contributed by atoms with Crippen molar-refractivity contribution in [2.75, 3.05) is 25.0 Å². The molecular weight excluding hydrogens is 534 g/mol. The summed E-state index contributed by atoms with van der Waals surface area (Å²) in [4.78, 5) is 43.6. The van der Waals surface area contributed by atoms with E-state index in [1.165, 1.54) is 10.5 Å². The normalized spacial score (nSPS) is 17.4. The molecule has 3 rings (SSSR count). The molecule has 0 radical (unpaired) electrons. The molecule has 0 bridgehead atoms. The molecule has 3 heterocycles. The second-order valence-corrected chi connectivity index (χ2v) is 12.4. The van der Waals surface area contributed by atoms with Crippen molar-refractivity contribution in [1.29, 1.82) is 0 Å². The predicted molar refractivity (Wildman–Crippen MR) is 152 cm³/mol. The lowest BCUT2D eigenvalue weighted by atomic mass is 9.74. The molecular formula is C30H46F2N4O5. The maximum absolute atomic E-state index is 13.5. The van der Waals surface area contributed by atoms with Crippen LogP contribution in [0.5, 0.6) is 0 Å². The Labute approximate surface area is 241 Å². The first-order valence-corrected chi connectivity index (χ1v) is 14.9. The Morgan fingerprint density at radius 1 is 1.12 bits per heavy atom. The summed E-state index contributed by atoms with van der Waals surface area (Å²) >= 11 is 0. The number of piperidine rings is 1. The largest absolute Gasteiger partial charge is 0.480 e. The zero-order valence-electron chi connectivity index (χ0n) is 24.6. The number of ether oxygens (including phenoxy) is 1. The van der Waals surface area contributed by atoms with Gasteiger partial charge in [0, 0.05) is 31.7 Å². The molecule has 0 spiro atoms. The fourth-order valence-electron chi connectivity index (χ4n) is 5.52. The van der Waals surface area contributed by atoms with Gasteiger partial charge in [-0.15, -0.1) is 0 Å². The number of carboxylic acid groups (broad SMARTS) is 1. The molecule has 11 heteroatoms. The van der Waals surface area contributed by atoms with E-state index in [1.807, 2.05) is 0 Å². The highest BCUT2D eigenvalue weighted by atomic mass is 19.3. The second-order valence-electron chi connectivity index (χ2n) is 12.4. The van der Waals surface area contributed by atoms with Crippen LogP contribution in [0.4, 0.5) is 19.4 Å². The molecule has 41 heavy (non-hydrogen) atoms. The first kappa shape index (κ1) is 32.5. The fourth-order valence-corrected chi connectivity index (χ4v) is 5.52.